The largest absolute Gasteiger partial charge is 0.430 e. The molecule has 0 bridgehead atoms. The molecule has 0 atom stereocenters. The zero-order valence-electron chi connectivity index (χ0n) is 7.39. The molecule has 1 heterocycles. The van der Waals surface area contributed by atoms with Crippen LogP contribution in [0.1, 0.15) is 10.4 Å². The van der Waals surface area contributed by atoms with Gasteiger partial charge in [0.15, 0.2) is 0 Å². The van der Waals surface area contributed by atoms with Crippen molar-refractivity contribution in [2.45, 2.75) is 6.11 Å². The second kappa shape index (κ2) is 3.44. The topological polar surface area (TPSA) is 38.3 Å². The van der Waals surface area contributed by atoms with E-state index < -0.39 is 18.6 Å². The van der Waals surface area contributed by atoms with Crippen LogP contribution in [-0.4, -0.2) is 18.6 Å². The number of ether oxygens (including phenoxy) is 1. The summed E-state index contributed by atoms with van der Waals surface area (Å²) >= 11 is 3.12. The molecule has 3 nitrogen and oxygen atoms in total. The summed E-state index contributed by atoms with van der Waals surface area (Å²) in [5.41, 5.74) is 0.107. The third-order valence-corrected chi connectivity index (χ3v) is 2.40. The van der Waals surface area contributed by atoms with Gasteiger partial charge in [-0.1, -0.05) is 15.9 Å². The molecule has 1 N–H and O–H groups in total. The summed E-state index contributed by atoms with van der Waals surface area (Å²) in [6.07, 6.45) is -3.37. The number of carbonyl (C=O) groups is 1. The van der Waals surface area contributed by atoms with Crippen LogP contribution in [-0.2, 0) is 0 Å². The molecule has 6 heteroatoms. The Morgan fingerprint density at radius 1 is 1.47 bits per heavy atom. The Kier molecular flexibility index (Phi) is 2.38. The Balaban J connectivity index is 2.50. The maximum atomic E-state index is 13.0. The minimum Gasteiger partial charge on any atom is -0.430 e. The molecule has 0 spiro atoms. The van der Waals surface area contributed by atoms with Gasteiger partial charge in [0.1, 0.15) is 12.3 Å². The highest BCUT2D eigenvalue weighted by molar-refractivity contribution is 9.10. The molecule has 0 unspecified atom stereocenters. The van der Waals surface area contributed by atoms with E-state index in [1.807, 2.05) is 0 Å². The molecule has 1 aromatic rings. The van der Waals surface area contributed by atoms with Gasteiger partial charge >= 0.3 is 6.11 Å². The van der Waals surface area contributed by atoms with Crippen molar-refractivity contribution < 1.29 is 18.3 Å². The van der Waals surface area contributed by atoms with Crippen molar-refractivity contribution in [1.82, 2.24) is 5.32 Å². The number of hydrogen-bond donors (Lipinski definition) is 1. The van der Waals surface area contributed by atoms with Crippen molar-refractivity contribution in [3.05, 3.63) is 28.2 Å². The summed E-state index contributed by atoms with van der Waals surface area (Å²) in [5.74, 6) is -0.681. The van der Waals surface area contributed by atoms with Crippen LogP contribution in [0.3, 0.4) is 0 Å². The van der Waals surface area contributed by atoms with Gasteiger partial charge in [0.05, 0.1) is 5.56 Å². The van der Waals surface area contributed by atoms with Gasteiger partial charge in [0, 0.05) is 4.47 Å². The third kappa shape index (κ3) is 2.09. The van der Waals surface area contributed by atoms with Crippen molar-refractivity contribution in [2.75, 3.05) is 6.54 Å². The molecular weight excluding hydrogens is 272 g/mol. The molecule has 0 saturated heterocycles. The van der Waals surface area contributed by atoms with Crippen LogP contribution < -0.4 is 10.1 Å². The SMILES string of the molecule is O=C1NCC(F)(F)Oc2cc(Br)ccc21. The molecule has 1 aliphatic heterocycles. The molecule has 1 aromatic carbocycles. The monoisotopic (exact) mass is 277 g/mol. The molecule has 1 aliphatic rings. The normalized spacial score (nSPS) is 18.5. The van der Waals surface area contributed by atoms with E-state index in [4.69, 9.17) is 0 Å². The molecule has 0 aliphatic carbocycles. The van der Waals surface area contributed by atoms with Crippen molar-refractivity contribution in [1.29, 1.82) is 0 Å². The molecule has 0 aromatic heterocycles. The lowest BCUT2D eigenvalue weighted by atomic mass is 10.2. The molecule has 2 rings (SSSR count). The summed E-state index contributed by atoms with van der Waals surface area (Å²) < 4.78 is 31.0. The average Bonchev–Trinajstić information content (AvgIpc) is 2.23. The molecule has 0 fully saturated rings. The van der Waals surface area contributed by atoms with Crippen molar-refractivity contribution in [3.63, 3.8) is 0 Å². The fourth-order valence-electron chi connectivity index (χ4n) is 1.24. The van der Waals surface area contributed by atoms with Gasteiger partial charge in [-0.3, -0.25) is 4.79 Å². The van der Waals surface area contributed by atoms with E-state index >= 15 is 0 Å². The first-order valence-corrected chi connectivity index (χ1v) is 4.92. The number of nitrogens with one attached hydrogen (secondary N) is 1. The Labute approximate surface area is 92.5 Å². The summed E-state index contributed by atoms with van der Waals surface area (Å²) in [6, 6.07) is 4.36. The zero-order valence-corrected chi connectivity index (χ0v) is 8.98. The third-order valence-electron chi connectivity index (χ3n) is 1.90. The number of fused-ring (bicyclic) bond motifs is 1. The van der Waals surface area contributed by atoms with E-state index in [1.165, 1.54) is 12.1 Å². The van der Waals surface area contributed by atoms with Gasteiger partial charge in [-0.25, -0.2) is 0 Å². The Bertz CT molecular complexity index is 423. The quantitative estimate of drug-likeness (QED) is 0.789. The standard InChI is InChI=1S/C9H6BrF2NO2/c10-5-1-2-6-7(3-5)15-9(11,12)4-13-8(6)14/h1-3H,4H2,(H,13,14). The fraction of sp³-hybridized carbons (Fsp3) is 0.222. The number of rotatable bonds is 0. The van der Waals surface area contributed by atoms with Gasteiger partial charge in [-0.05, 0) is 18.2 Å². The smallest absolute Gasteiger partial charge is 0.415 e. The highest BCUT2D eigenvalue weighted by Crippen LogP contribution is 2.30. The van der Waals surface area contributed by atoms with E-state index in [0.29, 0.717) is 4.47 Å². The van der Waals surface area contributed by atoms with Crippen molar-refractivity contribution in [3.8, 4) is 5.75 Å². The first-order chi connectivity index (χ1) is 6.98. The minimum atomic E-state index is -3.37. The van der Waals surface area contributed by atoms with Gasteiger partial charge < -0.3 is 10.1 Å². The van der Waals surface area contributed by atoms with Crippen molar-refractivity contribution in [2.24, 2.45) is 0 Å². The summed E-state index contributed by atoms with van der Waals surface area (Å²) in [6.45, 7) is -0.821. The van der Waals surface area contributed by atoms with E-state index in [9.17, 15) is 13.6 Å². The summed E-state index contributed by atoms with van der Waals surface area (Å²) in [7, 11) is 0. The van der Waals surface area contributed by atoms with E-state index in [2.05, 4.69) is 26.0 Å². The highest BCUT2D eigenvalue weighted by atomic mass is 79.9. The Morgan fingerprint density at radius 3 is 2.93 bits per heavy atom. The highest BCUT2D eigenvalue weighted by Gasteiger charge is 2.36. The Hall–Kier alpha value is -1.17. The summed E-state index contributed by atoms with van der Waals surface area (Å²) in [4.78, 5) is 11.4. The van der Waals surface area contributed by atoms with Crippen LogP contribution >= 0.6 is 15.9 Å². The first kappa shape index (κ1) is 10.4. The van der Waals surface area contributed by atoms with Crippen LogP contribution in [0.4, 0.5) is 8.78 Å². The lowest BCUT2D eigenvalue weighted by Gasteiger charge is -2.14. The molecule has 15 heavy (non-hydrogen) atoms. The molecule has 80 valence electrons. The van der Waals surface area contributed by atoms with Crippen LogP contribution in [0, 0.1) is 0 Å². The minimum absolute atomic E-state index is 0.107. The predicted molar refractivity (Wildman–Crippen MR) is 52.1 cm³/mol. The number of amides is 1. The predicted octanol–water partition coefficient (Wildman–Crippen LogP) is 2.16. The zero-order chi connectivity index (χ0) is 11.1. The van der Waals surface area contributed by atoms with Crippen LogP contribution in [0.2, 0.25) is 0 Å². The number of halogens is 3. The van der Waals surface area contributed by atoms with Gasteiger partial charge in [-0.15, -0.1) is 0 Å². The molecule has 0 radical (unpaired) electrons. The fourth-order valence-corrected chi connectivity index (χ4v) is 1.58. The number of carbonyl (C=O) groups excluding carboxylic acids is 1. The number of alkyl halides is 2. The average molecular weight is 278 g/mol. The van der Waals surface area contributed by atoms with E-state index in [1.54, 1.807) is 6.07 Å². The maximum Gasteiger partial charge on any atom is 0.415 e. The number of hydrogen-bond acceptors (Lipinski definition) is 2. The second-order valence-electron chi connectivity index (χ2n) is 3.06. The van der Waals surface area contributed by atoms with Gasteiger partial charge in [-0.2, -0.15) is 8.78 Å². The van der Waals surface area contributed by atoms with E-state index in [-0.39, 0.29) is 11.3 Å². The van der Waals surface area contributed by atoms with Gasteiger partial charge in [0.2, 0.25) is 0 Å². The maximum absolute atomic E-state index is 13.0. The van der Waals surface area contributed by atoms with Crippen molar-refractivity contribution >= 4 is 21.8 Å². The first-order valence-electron chi connectivity index (χ1n) is 4.12. The van der Waals surface area contributed by atoms with Crippen LogP contribution in [0.25, 0.3) is 0 Å². The molecule has 0 saturated carbocycles. The lowest BCUT2D eigenvalue weighted by Crippen LogP contribution is -2.37. The van der Waals surface area contributed by atoms with Crippen LogP contribution in [0.5, 0.6) is 5.75 Å². The van der Waals surface area contributed by atoms with E-state index in [0.717, 1.165) is 0 Å². The Morgan fingerprint density at radius 2 is 2.20 bits per heavy atom. The number of benzene rings is 1. The lowest BCUT2D eigenvalue weighted by molar-refractivity contribution is -0.168. The summed E-state index contributed by atoms with van der Waals surface area (Å²) in [5, 5.41) is 2.08. The van der Waals surface area contributed by atoms with Gasteiger partial charge in [0.25, 0.3) is 5.91 Å². The molecular formula is C9H6BrF2NO2. The van der Waals surface area contributed by atoms with Crippen LogP contribution in [0.15, 0.2) is 22.7 Å². The molecule has 1 amide bonds. The second-order valence-corrected chi connectivity index (χ2v) is 3.98.